The predicted octanol–water partition coefficient (Wildman–Crippen LogP) is 5.50. The number of aromatic nitrogens is 2. The van der Waals surface area contributed by atoms with Crippen molar-refractivity contribution in [1.29, 1.82) is 0 Å². The Hall–Kier alpha value is -2.51. The molecule has 1 aromatic heterocycles. The minimum Gasteiger partial charge on any atom is -0.353 e. The summed E-state index contributed by atoms with van der Waals surface area (Å²) < 4.78 is 38.6. The lowest BCUT2D eigenvalue weighted by Crippen LogP contribution is -2.38. The van der Waals surface area contributed by atoms with Gasteiger partial charge in [0.2, 0.25) is 5.91 Å². The van der Waals surface area contributed by atoms with E-state index in [1.54, 1.807) is 6.07 Å². The summed E-state index contributed by atoms with van der Waals surface area (Å²) in [4.78, 5) is 12.5. The Labute approximate surface area is 173 Å². The Morgan fingerprint density at radius 2 is 1.87 bits per heavy atom. The fourth-order valence-electron chi connectivity index (χ4n) is 4.61. The van der Waals surface area contributed by atoms with Crippen LogP contribution in [0, 0.1) is 5.92 Å². The lowest BCUT2D eigenvalue weighted by molar-refractivity contribution is -0.137. The van der Waals surface area contributed by atoms with E-state index in [9.17, 15) is 18.0 Å². The van der Waals surface area contributed by atoms with Crippen LogP contribution in [0.4, 0.5) is 24.7 Å². The molecular weight excluding hydrogens is 393 g/mol. The number of hydrogen-bond acceptors (Lipinski definition) is 3. The molecule has 0 radical (unpaired) electrons. The minimum absolute atomic E-state index is 0.160. The van der Waals surface area contributed by atoms with Crippen molar-refractivity contribution in [2.24, 2.45) is 5.92 Å². The molecule has 4 rings (SSSR count). The van der Waals surface area contributed by atoms with Crippen LogP contribution >= 0.6 is 0 Å². The smallest absolute Gasteiger partial charge is 0.353 e. The predicted molar refractivity (Wildman–Crippen MR) is 108 cm³/mol. The van der Waals surface area contributed by atoms with Crippen LogP contribution in [0.5, 0.6) is 0 Å². The molecule has 2 aliphatic carbocycles. The monoisotopic (exact) mass is 420 g/mol. The molecule has 8 heteroatoms. The number of nitrogens with one attached hydrogen (secondary N) is 3. The summed E-state index contributed by atoms with van der Waals surface area (Å²) >= 11 is 0. The Morgan fingerprint density at radius 3 is 2.63 bits per heavy atom. The minimum atomic E-state index is -4.38. The molecule has 0 spiro atoms. The molecule has 1 heterocycles. The largest absolute Gasteiger partial charge is 0.416 e. The first-order valence-corrected chi connectivity index (χ1v) is 10.7. The normalized spacial score (nSPS) is 22.8. The molecule has 3 N–H and O–H groups in total. The zero-order valence-electron chi connectivity index (χ0n) is 16.8. The maximum atomic E-state index is 12.9. The third-order valence-electron chi connectivity index (χ3n) is 6.25. The first-order valence-electron chi connectivity index (χ1n) is 10.7. The van der Waals surface area contributed by atoms with Gasteiger partial charge < -0.3 is 10.6 Å². The highest BCUT2D eigenvalue weighted by Gasteiger charge is 2.31. The van der Waals surface area contributed by atoms with E-state index in [0.29, 0.717) is 11.5 Å². The second kappa shape index (κ2) is 8.70. The number of benzene rings is 1. The first-order chi connectivity index (χ1) is 14.4. The van der Waals surface area contributed by atoms with Gasteiger partial charge in [-0.25, -0.2) is 0 Å². The van der Waals surface area contributed by atoms with Gasteiger partial charge in [0.15, 0.2) is 5.82 Å². The number of hydrogen-bond donors (Lipinski definition) is 3. The van der Waals surface area contributed by atoms with Gasteiger partial charge in [-0.15, -0.1) is 0 Å². The molecule has 2 atom stereocenters. The standard InChI is InChI=1S/C22H27F3N4O/c23-22(24,25)16-7-4-8-17(12-16)26-20-13-19(28-29-20)15-9-10-18(11-15)27-21(30)14-5-2-1-3-6-14/h4,7-8,12-15,18H,1-3,5-6,9-11H2,(H,27,30)(H2,26,28,29). The average molecular weight is 420 g/mol. The summed E-state index contributed by atoms with van der Waals surface area (Å²) in [5, 5.41) is 13.4. The topological polar surface area (TPSA) is 69.8 Å². The molecule has 30 heavy (non-hydrogen) atoms. The number of H-pyrrole nitrogens is 1. The van der Waals surface area contributed by atoms with Crippen LogP contribution in [0.25, 0.3) is 0 Å². The zero-order valence-corrected chi connectivity index (χ0v) is 16.8. The van der Waals surface area contributed by atoms with Gasteiger partial charge in [-0.3, -0.25) is 9.89 Å². The second-order valence-corrected chi connectivity index (χ2v) is 8.46. The Bertz CT molecular complexity index is 873. The van der Waals surface area contributed by atoms with Crippen LogP contribution in [-0.2, 0) is 11.0 Å². The number of aromatic amines is 1. The van der Waals surface area contributed by atoms with Gasteiger partial charge >= 0.3 is 6.18 Å². The average Bonchev–Trinajstić information content (AvgIpc) is 3.38. The van der Waals surface area contributed by atoms with E-state index < -0.39 is 11.7 Å². The maximum Gasteiger partial charge on any atom is 0.416 e. The second-order valence-electron chi connectivity index (χ2n) is 8.46. The van der Waals surface area contributed by atoms with Crippen molar-refractivity contribution >= 4 is 17.4 Å². The molecule has 2 saturated carbocycles. The number of alkyl halides is 3. The van der Waals surface area contributed by atoms with Crippen molar-refractivity contribution in [1.82, 2.24) is 15.5 Å². The van der Waals surface area contributed by atoms with Crippen LogP contribution in [0.2, 0.25) is 0 Å². The number of halogens is 3. The van der Waals surface area contributed by atoms with Crippen molar-refractivity contribution in [2.45, 2.75) is 69.5 Å². The fourth-order valence-corrected chi connectivity index (χ4v) is 4.61. The molecule has 0 aliphatic heterocycles. The number of nitrogens with zero attached hydrogens (tertiary/aromatic N) is 1. The van der Waals surface area contributed by atoms with E-state index >= 15 is 0 Å². The zero-order chi connectivity index (χ0) is 21.1. The lowest BCUT2D eigenvalue weighted by Gasteiger charge is -2.23. The molecule has 0 saturated heterocycles. The summed E-state index contributed by atoms with van der Waals surface area (Å²) in [6.07, 6.45) is 3.84. The van der Waals surface area contributed by atoms with Gasteiger partial charge in [-0.05, 0) is 50.3 Å². The summed E-state index contributed by atoms with van der Waals surface area (Å²) in [6.45, 7) is 0. The van der Waals surface area contributed by atoms with Gasteiger partial charge in [0.1, 0.15) is 0 Å². The Kier molecular flexibility index (Phi) is 6.01. The summed E-state index contributed by atoms with van der Waals surface area (Å²) in [7, 11) is 0. The molecule has 5 nitrogen and oxygen atoms in total. The van der Waals surface area contributed by atoms with E-state index in [1.165, 1.54) is 12.5 Å². The summed E-state index contributed by atoms with van der Waals surface area (Å²) in [5.41, 5.74) is 0.585. The van der Waals surface area contributed by atoms with Gasteiger partial charge in [0.05, 0.1) is 5.56 Å². The third kappa shape index (κ3) is 4.96. The molecule has 1 amide bonds. The van der Waals surface area contributed by atoms with Crippen molar-refractivity contribution in [2.75, 3.05) is 5.32 Å². The SMILES string of the molecule is O=C(NC1CCC(c2cc(Nc3cccc(C(F)(F)F)c3)n[nH]2)C1)C1CCCCC1. The van der Waals surface area contributed by atoms with Crippen LogP contribution in [-0.4, -0.2) is 22.1 Å². The van der Waals surface area contributed by atoms with E-state index in [0.717, 1.165) is 62.8 Å². The Morgan fingerprint density at radius 1 is 1.07 bits per heavy atom. The number of carbonyl (C=O) groups excluding carboxylic acids is 1. The van der Waals surface area contributed by atoms with E-state index in [4.69, 9.17) is 0 Å². The Balaban J connectivity index is 1.33. The number of carbonyl (C=O) groups is 1. The number of amides is 1. The van der Waals surface area contributed by atoms with Crippen molar-refractivity contribution in [3.63, 3.8) is 0 Å². The molecule has 2 aliphatic rings. The fraction of sp³-hybridized carbons (Fsp3) is 0.545. The van der Waals surface area contributed by atoms with Crippen LogP contribution in [0.1, 0.15) is 68.5 Å². The highest BCUT2D eigenvalue weighted by Crippen LogP contribution is 2.36. The van der Waals surface area contributed by atoms with Crippen LogP contribution in [0.3, 0.4) is 0 Å². The van der Waals surface area contributed by atoms with Gasteiger partial charge in [-0.1, -0.05) is 25.3 Å². The lowest BCUT2D eigenvalue weighted by atomic mass is 9.88. The molecule has 2 unspecified atom stereocenters. The van der Waals surface area contributed by atoms with Crippen molar-refractivity contribution < 1.29 is 18.0 Å². The molecule has 2 aromatic rings. The maximum absolute atomic E-state index is 12.9. The number of rotatable bonds is 5. The number of anilines is 2. The molecule has 1 aromatic carbocycles. The molecular formula is C22H27F3N4O. The van der Waals surface area contributed by atoms with Crippen molar-refractivity contribution in [3.8, 4) is 0 Å². The molecule has 162 valence electrons. The van der Waals surface area contributed by atoms with E-state index in [-0.39, 0.29) is 23.8 Å². The highest BCUT2D eigenvalue weighted by molar-refractivity contribution is 5.79. The molecule has 0 bridgehead atoms. The van der Waals surface area contributed by atoms with Gasteiger partial charge in [0, 0.05) is 35.3 Å². The van der Waals surface area contributed by atoms with E-state index in [2.05, 4.69) is 20.8 Å². The van der Waals surface area contributed by atoms with Gasteiger partial charge in [-0.2, -0.15) is 18.3 Å². The quantitative estimate of drug-likeness (QED) is 0.598. The first kappa shape index (κ1) is 20.8. The van der Waals surface area contributed by atoms with Crippen LogP contribution in [0.15, 0.2) is 30.3 Å². The van der Waals surface area contributed by atoms with Gasteiger partial charge in [0.25, 0.3) is 0 Å². The van der Waals surface area contributed by atoms with Crippen molar-refractivity contribution in [3.05, 3.63) is 41.6 Å². The summed E-state index contributed by atoms with van der Waals surface area (Å²) in [5.74, 6) is 1.09. The third-order valence-corrected chi connectivity index (χ3v) is 6.25. The van der Waals surface area contributed by atoms with Crippen LogP contribution < -0.4 is 10.6 Å². The van der Waals surface area contributed by atoms with E-state index in [1.807, 2.05) is 6.07 Å². The highest BCUT2D eigenvalue weighted by atomic mass is 19.4. The summed E-state index contributed by atoms with van der Waals surface area (Å²) in [6, 6.07) is 7.08. The molecule has 2 fully saturated rings.